The Balaban J connectivity index is 0.000000167. The van der Waals surface area contributed by atoms with Crippen LogP contribution in [0.4, 0.5) is 5.69 Å². The van der Waals surface area contributed by atoms with Gasteiger partial charge in [0.15, 0.2) is 0 Å². The molecule has 2 rings (SSSR count). The Hall–Kier alpha value is -1.71. The molecule has 0 atom stereocenters. The van der Waals surface area contributed by atoms with Gasteiger partial charge in [0, 0.05) is 12.0 Å². The van der Waals surface area contributed by atoms with Gasteiger partial charge in [-0.2, -0.15) is 0 Å². The molecule has 1 heterocycles. The lowest BCUT2D eigenvalue weighted by Gasteiger charge is -1.91. The van der Waals surface area contributed by atoms with E-state index in [9.17, 15) is 4.79 Å². The van der Waals surface area contributed by atoms with E-state index in [0.29, 0.717) is 13.0 Å². The molecule has 1 aliphatic rings. The summed E-state index contributed by atoms with van der Waals surface area (Å²) in [5, 5.41) is 0. The number of ether oxygens (including phenoxy) is 2. The molecule has 0 saturated carbocycles. The number of para-hydroxylation sites is 1. The first-order chi connectivity index (χ1) is 7.19. The third kappa shape index (κ3) is 2.87. The summed E-state index contributed by atoms with van der Waals surface area (Å²) in [6.07, 6.45) is 0.469. The Kier molecular flexibility index (Phi) is 3.97. The molecule has 4 nitrogen and oxygen atoms in total. The maximum absolute atomic E-state index is 9.96. The number of carbonyl (C=O) groups excluding carboxylic acids is 1. The number of hydrogen-bond donors (Lipinski definition) is 1. The Morgan fingerprint density at radius 1 is 1.60 bits per heavy atom. The third-order valence-electron chi connectivity index (χ3n) is 2.06. The van der Waals surface area contributed by atoms with E-state index in [2.05, 4.69) is 4.74 Å². The van der Waals surface area contributed by atoms with Gasteiger partial charge in [-0.05, 0) is 6.07 Å². The standard InChI is InChI=1S/C7H7NO.C4H8O2/c8-7-5-2-1-3-6(7)9-4-5;1-3-4(5)6-2/h1-3H,4,8H2;3H2,1-2H3. The Bertz CT molecular complexity index is 321. The van der Waals surface area contributed by atoms with Gasteiger partial charge in [0.1, 0.15) is 12.4 Å². The second-order valence-electron chi connectivity index (χ2n) is 3.05. The molecule has 0 spiro atoms. The number of hydrogen-bond acceptors (Lipinski definition) is 4. The topological polar surface area (TPSA) is 61.5 Å². The largest absolute Gasteiger partial charge is 0.487 e. The van der Waals surface area contributed by atoms with Crippen molar-refractivity contribution in [2.45, 2.75) is 20.0 Å². The van der Waals surface area contributed by atoms with Crippen LogP contribution in [-0.4, -0.2) is 13.1 Å². The van der Waals surface area contributed by atoms with Crippen LogP contribution < -0.4 is 10.5 Å². The summed E-state index contributed by atoms with van der Waals surface area (Å²) < 4.78 is 9.45. The Morgan fingerprint density at radius 2 is 2.33 bits per heavy atom. The predicted octanol–water partition coefficient (Wildman–Crippen LogP) is 1.73. The number of benzene rings is 1. The van der Waals surface area contributed by atoms with Gasteiger partial charge in [-0.1, -0.05) is 19.1 Å². The number of anilines is 1. The summed E-state index contributed by atoms with van der Waals surface area (Å²) in [7, 11) is 1.38. The quantitative estimate of drug-likeness (QED) is 0.565. The molecular formula is C11H15NO3. The van der Waals surface area contributed by atoms with Crippen molar-refractivity contribution in [2.24, 2.45) is 0 Å². The van der Waals surface area contributed by atoms with Gasteiger partial charge >= 0.3 is 5.97 Å². The van der Waals surface area contributed by atoms with Gasteiger partial charge in [0.25, 0.3) is 0 Å². The SMILES string of the molecule is CCC(=O)OC.Nc1c2cccc1OC2. The molecule has 0 amide bonds. The smallest absolute Gasteiger partial charge is 0.305 e. The fourth-order valence-corrected chi connectivity index (χ4v) is 1.14. The van der Waals surface area contributed by atoms with E-state index in [1.54, 1.807) is 6.92 Å². The second kappa shape index (κ2) is 5.24. The molecule has 0 unspecified atom stereocenters. The second-order valence-corrected chi connectivity index (χ2v) is 3.05. The van der Waals surface area contributed by atoms with Crippen molar-refractivity contribution in [3.63, 3.8) is 0 Å². The molecule has 2 N–H and O–H groups in total. The van der Waals surface area contributed by atoms with Crippen molar-refractivity contribution in [3.8, 4) is 5.75 Å². The van der Waals surface area contributed by atoms with Gasteiger partial charge in [-0.3, -0.25) is 4.79 Å². The third-order valence-corrected chi connectivity index (χ3v) is 2.06. The monoisotopic (exact) mass is 209 g/mol. The maximum atomic E-state index is 9.96. The molecule has 4 heteroatoms. The number of nitrogen functional groups attached to an aromatic ring is 1. The lowest BCUT2D eigenvalue weighted by molar-refractivity contribution is -0.140. The number of rotatable bonds is 1. The van der Waals surface area contributed by atoms with Crippen molar-refractivity contribution < 1.29 is 14.3 Å². The highest BCUT2D eigenvalue weighted by Crippen LogP contribution is 2.31. The highest BCUT2D eigenvalue weighted by atomic mass is 16.5. The van der Waals surface area contributed by atoms with Crippen molar-refractivity contribution >= 4 is 11.7 Å². The van der Waals surface area contributed by atoms with E-state index in [4.69, 9.17) is 10.5 Å². The normalized spacial score (nSPS) is 11.1. The first-order valence-electron chi connectivity index (χ1n) is 4.76. The van der Waals surface area contributed by atoms with Crippen molar-refractivity contribution in [3.05, 3.63) is 23.8 Å². The first kappa shape index (κ1) is 11.4. The molecule has 0 aliphatic carbocycles. The lowest BCUT2D eigenvalue weighted by Crippen LogP contribution is -1.94. The van der Waals surface area contributed by atoms with Crippen LogP contribution in [0.5, 0.6) is 5.75 Å². The predicted molar refractivity (Wildman–Crippen MR) is 57.5 cm³/mol. The molecule has 2 bridgehead atoms. The van der Waals surface area contributed by atoms with E-state index in [0.717, 1.165) is 17.0 Å². The minimum atomic E-state index is -0.157. The minimum Gasteiger partial charge on any atom is -0.487 e. The summed E-state index contributed by atoms with van der Waals surface area (Å²) in [6, 6.07) is 5.81. The van der Waals surface area contributed by atoms with Crippen LogP contribution in [0.1, 0.15) is 18.9 Å². The van der Waals surface area contributed by atoms with Crippen LogP contribution >= 0.6 is 0 Å². The number of fused-ring (bicyclic) bond motifs is 2. The molecule has 82 valence electrons. The highest BCUT2D eigenvalue weighted by molar-refractivity contribution is 5.68. The average molecular weight is 209 g/mol. The number of esters is 1. The fourth-order valence-electron chi connectivity index (χ4n) is 1.14. The fraction of sp³-hybridized carbons (Fsp3) is 0.364. The molecule has 0 radical (unpaired) electrons. The first-order valence-corrected chi connectivity index (χ1v) is 4.76. The zero-order chi connectivity index (χ0) is 11.3. The van der Waals surface area contributed by atoms with Gasteiger partial charge in [0.2, 0.25) is 0 Å². The van der Waals surface area contributed by atoms with Crippen molar-refractivity contribution in [2.75, 3.05) is 12.8 Å². The van der Waals surface area contributed by atoms with Crippen LogP contribution in [0, 0.1) is 0 Å². The maximum Gasteiger partial charge on any atom is 0.305 e. The van der Waals surface area contributed by atoms with E-state index in [-0.39, 0.29) is 5.97 Å². The summed E-state index contributed by atoms with van der Waals surface area (Å²) in [6.45, 7) is 2.40. The van der Waals surface area contributed by atoms with Crippen LogP contribution in [0.15, 0.2) is 18.2 Å². The van der Waals surface area contributed by atoms with Crippen LogP contribution in [0.25, 0.3) is 0 Å². The molecule has 0 fully saturated rings. The number of nitrogens with two attached hydrogens (primary N) is 1. The van der Waals surface area contributed by atoms with E-state index >= 15 is 0 Å². The van der Waals surface area contributed by atoms with Gasteiger partial charge < -0.3 is 15.2 Å². The van der Waals surface area contributed by atoms with Crippen LogP contribution in [-0.2, 0) is 16.1 Å². The minimum absolute atomic E-state index is 0.157. The number of carbonyl (C=O) groups is 1. The molecule has 15 heavy (non-hydrogen) atoms. The molecule has 1 aliphatic heterocycles. The van der Waals surface area contributed by atoms with E-state index < -0.39 is 0 Å². The zero-order valence-corrected chi connectivity index (χ0v) is 8.95. The van der Waals surface area contributed by atoms with E-state index in [1.807, 2.05) is 18.2 Å². The van der Waals surface area contributed by atoms with Crippen molar-refractivity contribution in [1.82, 2.24) is 0 Å². The van der Waals surface area contributed by atoms with Gasteiger partial charge in [-0.25, -0.2) is 0 Å². The Morgan fingerprint density at radius 3 is 2.73 bits per heavy atom. The summed E-state index contributed by atoms with van der Waals surface area (Å²) in [4.78, 5) is 9.96. The lowest BCUT2D eigenvalue weighted by atomic mass is 10.2. The van der Waals surface area contributed by atoms with Crippen molar-refractivity contribution in [1.29, 1.82) is 0 Å². The molecule has 0 saturated heterocycles. The molecule has 1 aromatic rings. The van der Waals surface area contributed by atoms with E-state index in [1.165, 1.54) is 7.11 Å². The number of methoxy groups -OCH3 is 1. The molecule has 0 aromatic heterocycles. The molecular weight excluding hydrogens is 194 g/mol. The summed E-state index contributed by atoms with van der Waals surface area (Å²) >= 11 is 0. The highest BCUT2D eigenvalue weighted by Gasteiger charge is 2.12. The van der Waals surface area contributed by atoms with Crippen LogP contribution in [0.3, 0.4) is 0 Å². The zero-order valence-electron chi connectivity index (χ0n) is 8.95. The molecule has 1 aromatic carbocycles. The summed E-state index contributed by atoms with van der Waals surface area (Å²) in [5.74, 6) is 0.669. The van der Waals surface area contributed by atoms with Gasteiger partial charge in [0.05, 0.1) is 12.8 Å². The Labute approximate surface area is 89.0 Å². The summed E-state index contributed by atoms with van der Waals surface area (Å²) in [5.41, 5.74) is 7.53. The van der Waals surface area contributed by atoms with Crippen LogP contribution in [0.2, 0.25) is 0 Å². The average Bonchev–Trinajstić information content (AvgIpc) is 2.51. The van der Waals surface area contributed by atoms with Gasteiger partial charge in [-0.15, -0.1) is 0 Å².